The highest BCUT2D eigenvalue weighted by atomic mass is 32.2. The van der Waals surface area contributed by atoms with Crippen molar-refractivity contribution in [3.63, 3.8) is 0 Å². The summed E-state index contributed by atoms with van der Waals surface area (Å²) >= 11 is 1.01. The Hall–Kier alpha value is -3.71. The van der Waals surface area contributed by atoms with Crippen LogP contribution in [0.25, 0.3) is 0 Å². The molecule has 0 heterocycles. The summed E-state index contributed by atoms with van der Waals surface area (Å²) in [6.07, 6.45) is 5.47. The fraction of sp³-hybridized carbons (Fsp3) is 0.538. The number of aliphatic carboxylic acids is 5. The Bertz CT molecular complexity index is 1030. The molecule has 1 aliphatic carbocycles. The molecule has 0 aromatic heterocycles. The van der Waals surface area contributed by atoms with E-state index in [1.807, 2.05) is 5.40 Å². The fourth-order valence-corrected chi connectivity index (χ4v) is 4.84. The summed E-state index contributed by atoms with van der Waals surface area (Å²) in [4.78, 5) is 57.6. The highest BCUT2D eigenvalue weighted by Crippen LogP contribution is 2.22. The average Bonchev–Trinajstić information content (AvgIpc) is 2.88. The van der Waals surface area contributed by atoms with Crippen LogP contribution in [0, 0.1) is 10.7 Å². The number of nitrogens with one attached hydrogen (secondary N) is 1. The minimum absolute atomic E-state index is 0.113. The highest BCUT2D eigenvalue weighted by molar-refractivity contribution is 8.03. The van der Waals surface area contributed by atoms with Crippen molar-refractivity contribution in [1.29, 1.82) is 5.26 Å². The third-order valence-electron chi connectivity index (χ3n) is 6.18. The number of hydrogen-bond donors (Lipinski definition) is 6. The number of nitriles is 1. The monoisotopic (exact) mass is 596 g/mol. The third kappa shape index (κ3) is 16.2. The fourth-order valence-electron chi connectivity index (χ4n) is 4.46. The van der Waals surface area contributed by atoms with Crippen molar-refractivity contribution in [2.45, 2.75) is 55.5 Å². The van der Waals surface area contributed by atoms with Crippen LogP contribution in [0.4, 0.5) is 0 Å². The lowest BCUT2D eigenvalue weighted by Crippen LogP contribution is -2.48. The highest BCUT2D eigenvalue weighted by Gasteiger charge is 2.25. The molecule has 0 unspecified atom stereocenters. The first-order chi connectivity index (χ1) is 19.4. The summed E-state index contributed by atoms with van der Waals surface area (Å²) in [5, 5.41) is 57.5. The quantitative estimate of drug-likeness (QED) is 0.109. The van der Waals surface area contributed by atoms with Crippen molar-refractivity contribution in [3.05, 3.63) is 29.8 Å². The second-order valence-corrected chi connectivity index (χ2v) is 10.3. The molecular weight excluding hydrogens is 560 g/mol. The second-order valence-electron chi connectivity index (χ2n) is 9.40. The van der Waals surface area contributed by atoms with Gasteiger partial charge in [-0.25, -0.2) is 0 Å². The van der Waals surface area contributed by atoms with Crippen molar-refractivity contribution in [2.24, 2.45) is 0 Å². The lowest BCUT2D eigenvalue weighted by Gasteiger charge is -2.31. The Balaban J connectivity index is 0.000000474. The number of carboxylic acids is 5. The Morgan fingerprint density at radius 3 is 1.78 bits per heavy atom. The van der Waals surface area contributed by atoms with Gasteiger partial charge in [-0.05, 0) is 48.7 Å². The molecule has 1 atom stereocenters. The van der Waals surface area contributed by atoms with Crippen molar-refractivity contribution < 1.29 is 49.5 Å². The topological polar surface area (TPSA) is 229 Å². The predicted octanol–water partition coefficient (Wildman–Crippen LogP) is 1.11. The lowest BCUT2D eigenvalue weighted by molar-refractivity contribution is -0.145. The molecule has 1 fully saturated rings. The van der Waals surface area contributed by atoms with Crippen molar-refractivity contribution in [2.75, 3.05) is 39.3 Å². The minimum atomic E-state index is -1.17. The molecule has 1 aromatic rings. The zero-order valence-corrected chi connectivity index (χ0v) is 23.3. The maximum absolute atomic E-state index is 11.1. The predicted molar refractivity (Wildman–Crippen MR) is 146 cm³/mol. The summed E-state index contributed by atoms with van der Waals surface area (Å²) in [5.41, 5.74) is 0.815. The van der Waals surface area contributed by atoms with E-state index < -0.39 is 49.0 Å². The van der Waals surface area contributed by atoms with Gasteiger partial charge in [0.25, 0.3) is 0 Å². The smallest absolute Gasteiger partial charge is 0.317 e. The SMILES string of the molecule is N#CSc1ccc(C[C@H](CNCC(=O)O)N(CC(=O)O)CC(=O)O)cc1.O=C(O)CN(CC(=O)O)C1CCCCC1. The van der Waals surface area contributed by atoms with E-state index in [1.54, 1.807) is 29.2 Å². The van der Waals surface area contributed by atoms with E-state index >= 15 is 0 Å². The average molecular weight is 597 g/mol. The lowest BCUT2D eigenvalue weighted by atomic mass is 9.94. The number of hydrogen-bond acceptors (Lipinski definition) is 10. The minimum Gasteiger partial charge on any atom is -0.480 e. The molecule has 0 saturated heterocycles. The van der Waals surface area contributed by atoms with Gasteiger partial charge in [0.2, 0.25) is 0 Å². The number of thiocyanates is 1. The molecule has 6 N–H and O–H groups in total. The molecule has 1 saturated carbocycles. The molecule has 0 spiro atoms. The molecule has 2 rings (SSSR count). The van der Waals surface area contributed by atoms with Gasteiger partial charge in [-0.15, -0.1) is 0 Å². The van der Waals surface area contributed by atoms with Crippen LogP contribution < -0.4 is 5.32 Å². The number of nitrogens with zero attached hydrogens (tertiary/aromatic N) is 3. The van der Waals surface area contributed by atoms with Crippen LogP contribution in [0.2, 0.25) is 0 Å². The van der Waals surface area contributed by atoms with E-state index in [2.05, 4.69) is 5.32 Å². The summed E-state index contributed by atoms with van der Waals surface area (Å²) < 4.78 is 0. The number of thioether (sulfide) groups is 1. The molecule has 1 aromatic carbocycles. The van der Waals surface area contributed by atoms with Crippen LogP contribution in [0.15, 0.2) is 29.2 Å². The number of rotatable bonds is 17. The summed E-state index contributed by atoms with van der Waals surface area (Å²) in [6.45, 7) is -1.50. The van der Waals surface area contributed by atoms with Gasteiger partial charge in [0.1, 0.15) is 5.40 Å². The standard InChI is InChI=1S/C16H19N3O6S.C10H17NO4/c17-10-26-13-3-1-11(2-4-13)5-12(6-18-7-14(20)21)19(8-15(22)23)9-16(24)25;12-9(13)6-11(7-10(14)15)8-4-2-1-3-5-8/h1-4,12,18H,5-9H2,(H,20,21)(H,22,23)(H,24,25);8H,1-7H2,(H,12,13)(H,14,15)/t12-;/m1./s1. The van der Waals surface area contributed by atoms with E-state index in [1.165, 1.54) is 11.3 Å². The summed E-state index contributed by atoms with van der Waals surface area (Å²) in [7, 11) is 0. The van der Waals surface area contributed by atoms with Crippen LogP contribution in [-0.4, -0.2) is 117 Å². The van der Waals surface area contributed by atoms with Crippen molar-refractivity contribution >= 4 is 41.6 Å². The molecule has 0 bridgehead atoms. The van der Waals surface area contributed by atoms with Crippen LogP contribution in [0.3, 0.4) is 0 Å². The molecule has 15 heteroatoms. The summed E-state index contributed by atoms with van der Waals surface area (Å²) in [6, 6.07) is 6.61. The van der Waals surface area contributed by atoms with Gasteiger partial charge in [-0.2, -0.15) is 5.26 Å². The van der Waals surface area contributed by atoms with Gasteiger partial charge < -0.3 is 30.8 Å². The van der Waals surface area contributed by atoms with Crippen LogP contribution in [-0.2, 0) is 30.4 Å². The van der Waals surface area contributed by atoms with Crippen molar-refractivity contribution in [3.8, 4) is 5.40 Å². The zero-order chi connectivity index (χ0) is 30.8. The van der Waals surface area contributed by atoms with Crippen molar-refractivity contribution in [1.82, 2.24) is 15.1 Å². The van der Waals surface area contributed by atoms with Gasteiger partial charge in [-0.1, -0.05) is 31.4 Å². The first kappa shape index (κ1) is 35.3. The Labute approximate surface area is 241 Å². The van der Waals surface area contributed by atoms with Crippen LogP contribution >= 0.6 is 11.8 Å². The number of carbonyl (C=O) groups is 5. The van der Waals surface area contributed by atoms with Gasteiger partial charge in [0, 0.05) is 23.5 Å². The summed E-state index contributed by atoms with van der Waals surface area (Å²) in [5.74, 6) is -5.32. The number of carboxylic acid groups (broad SMARTS) is 5. The maximum Gasteiger partial charge on any atom is 0.317 e. The van der Waals surface area contributed by atoms with Gasteiger partial charge in [0.15, 0.2) is 0 Å². The molecular formula is C26H36N4O10S. The Morgan fingerprint density at radius 2 is 1.34 bits per heavy atom. The van der Waals surface area contributed by atoms with E-state index in [4.69, 9.17) is 30.8 Å². The Morgan fingerprint density at radius 1 is 0.829 bits per heavy atom. The van der Waals surface area contributed by atoms with Gasteiger partial charge in [0.05, 0.1) is 32.7 Å². The largest absolute Gasteiger partial charge is 0.480 e. The van der Waals surface area contributed by atoms with Crippen LogP contribution in [0.1, 0.15) is 37.7 Å². The first-order valence-electron chi connectivity index (χ1n) is 12.8. The third-order valence-corrected chi connectivity index (χ3v) is 6.77. The van der Waals surface area contributed by atoms with E-state index in [9.17, 15) is 24.0 Å². The second kappa shape index (κ2) is 19.4. The Kier molecular flexibility index (Phi) is 16.7. The van der Waals surface area contributed by atoms with Crippen LogP contribution in [0.5, 0.6) is 0 Å². The van der Waals surface area contributed by atoms with E-state index in [0.717, 1.165) is 47.9 Å². The molecule has 226 valence electrons. The van der Waals surface area contributed by atoms with Gasteiger partial charge in [-0.3, -0.25) is 33.8 Å². The molecule has 0 aliphatic heterocycles. The molecule has 0 amide bonds. The zero-order valence-electron chi connectivity index (χ0n) is 22.5. The molecule has 1 aliphatic rings. The number of benzene rings is 1. The van der Waals surface area contributed by atoms with E-state index in [0.29, 0.717) is 6.42 Å². The molecule has 41 heavy (non-hydrogen) atoms. The normalized spacial score (nSPS) is 14.0. The van der Waals surface area contributed by atoms with E-state index in [-0.39, 0.29) is 32.2 Å². The molecule has 0 radical (unpaired) electrons. The first-order valence-corrected chi connectivity index (χ1v) is 13.7. The maximum atomic E-state index is 11.1. The molecule has 14 nitrogen and oxygen atoms in total. The van der Waals surface area contributed by atoms with Gasteiger partial charge >= 0.3 is 29.8 Å².